The lowest BCUT2D eigenvalue weighted by molar-refractivity contribution is -0.384. The third kappa shape index (κ3) is 3.47. The van der Waals surface area contributed by atoms with Crippen LogP contribution < -0.4 is 5.32 Å². The Kier molecular flexibility index (Phi) is 3.28. The van der Waals surface area contributed by atoms with Crippen molar-refractivity contribution in [2.24, 2.45) is 0 Å². The molecule has 1 aromatic heterocycles. The van der Waals surface area contributed by atoms with Crippen LogP contribution in [0.15, 0.2) is 16.7 Å². The van der Waals surface area contributed by atoms with Crippen LogP contribution in [0.25, 0.3) is 0 Å². The fourth-order valence-corrected chi connectivity index (χ4v) is 1.34. The minimum atomic E-state index is -0.453. The van der Waals surface area contributed by atoms with Crippen LogP contribution in [0.5, 0.6) is 0 Å². The fraction of sp³-hybridized carbons (Fsp3) is 0.444. The van der Waals surface area contributed by atoms with Crippen molar-refractivity contribution in [3.8, 4) is 0 Å². The molecule has 0 radical (unpaired) electrons. The predicted molar refractivity (Wildman–Crippen MR) is 62.0 cm³/mol. The topological polar surface area (TPSA) is 68.1 Å². The normalized spacial score (nSPS) is 11.2. The van der Waals surface area contributed by atoms with E-state index in [0.29, 0.717) is 4.47 Å². The summed E-state index contributed by atoms with van der Waals surface area (Å²) in [5, 5.41) is 13.7. The molecule has 1 aromatic rings. The van der Waals surface area contributed by atoms with Gasteiger partial charge in [0.15, 0.2) is 0 Å². The first-order valence-corrected chi connectivity index (χ1v) is 5.17. The number of nitrogens with zero attached hydrogens (tertiary/aromatic N) is 2. The molecular formula is C9H12BrN3O2. The van der Waals surface area contributed by atoms with Gasteiger partial charge in [-0.05, 0) is 36.7 Å². The number of nitrogens with one attached hydrogen (secondary N) is 1. The summed E-state index contributed by atoms with van der Waals surface area (Å²) in [4.78, 5) is 14.3. The molecule has 5 nitrogen and oxygen atoms in total. The summed E-state index contributed by atoms with van der Waals surface area (Å²) in [5.41, 5.74) is -0.287. The van der Waals surface area contributed by atoms with Crippen LogP contribution >= 0.6 is 15.9 Å². The molecule has 82 valence electrons. The van der Waals surface area contributed by atoms with Gasteiger partial charge in [0.1, 0.15) is 0 Å². The minimum absolute atomic E-state index is 0.0284. The van der Waals surface area contributed by atoms with E-state index in [1.54, 1.807) is 0 Å². The van der Waals surface area contributed by atoms with Crippen molar-refractivity contribution in [3.63, 3.8) is 0 Å². The number of halogens is 1. The monoisotopic (exact) mass is 273 g/mol. The molecule has 0 bridgehead atoms. The molecule has 0 saturated heterocycles. The van der Waals surface area contributed by atoms with Crippen LogP contribution in [-0.2, 0) is 0 Å². The van der Waals surface area contributed by atoms with E-state index < -0.39 is 4.92 Å². The molecule has 15 heavy (non-hydrogen) atoms. The highest BCUT2D eigenvalue weighted by atomic mass is 79.9. The van der Waals surface area contributed by atoms with Crippen molar-refractivity contribution in [1.82, 2.24) is 4.98 Å². The van der Waals surface area contributed by atoms with Crippen LogP contribution in [0.4, 0.5) is 11.5 Å². The van der Waals surface area contributed by atoms with Gasteiger partial charge in [-0.1, -0.05) is 0 Å². The fourth-order valence-electron chi connectivity index (χ4n) is 1.02. The molecular weight excluding hydrogens is 262 g/mol. The van der Waals surface area contributed by atoms with Crippen molar-refractivity contribution in [3.05, 3.63) is 26.9 Å². The van der Waals surface area contributed by atoms with E-state index in [1.165, 1.54) is 12.3 Å². The maximum absolute atomic E-state index is 10.8. The zero-order valence-electron chi connectivity index (χ0n) is 8.74. The Bertz CT molecular complexity index is 387. The molecule has 6 heteroatoms. The minimum Gasteiger partial charge on any atom is -0.360 e. The molecule has 0 fully saturated rings. The summed E-state index contributed by atoms with van der Waals surface area (Å²) in [5.74, 6) is 0.288. The molecule has 0 aliphatic heterocycles. The summed E-state index contributed by atoms with van der Waals surface area (Å²) in [6.45, 7) is 5.75. The van der Waals surface area contributed by atoms with Crippen LogP contribution in [-0.4, -0.2) is 15.4 Å². The lowest BCUT2D eigenvalue weighted by atomic mass is 10.1. The van der Waals surface area contributed by atoms with Gasteiger partial charge in [-0.15, -0.1) is 0 Å². The lowest BCUT2D eigenvalue weighted by Crippen LogP contribution is -2.27. The zero-order valence-corrected chi connectivity index (χ0v) is 10.3. The van der Waals surface area contributed by atoms with Gasteiger partial charge in [0, 0.05) is 22.3 Å². The Balaban J connectivity index is 3.12. The van der Waals surface area contributed by atoms with Crippen molar-refractivity contribution in [2.75, 3.05) is 5.32 Å². The van der Waals surface area contributed by atoms with Gasteiger partial charge in [-0.3, -0.25) is 10.1 Å². The Labute approximate surface area is 96.2 Å². The van der Waals surface area contributed by atoms with Gasteiger partial charge < -0.3 is 5.32 Å². The third-order valence-electron chi connectivity index (χ3n) is 1.52. The summed E-state index contributed by atoms with van der Waals surface area (Å²) in [6, 6.07) is 1.43. The zero-order chi connectivity index (χ0) is 11.6. The molecule has 0 amide bonds. The number of nitro groups is 1. The number of aromatic nitrogens is 1. The van der Waals surface area contributed by atoms with Gasteiger partial charge in [0.25, 0.3) is 0 Å². The number of rotatable bonds is 2. The predicted octanol–water partition coefficient (Wildman–Crippen LogP) is 2.96. The summed E-state index contributed by atoms with van der Waals surface area (Å²) in [7, 11) is 0. The lowest BCUT2D eigenvalue weighted by Gasteiger charge is -2.20. The van der Waals surface area contributed by atoms with E-state index in [-0.39, 0.29) is 17.0 Å². The van der Waals surface area contributed by atoms with E-state index in [2.05, 4.69) is 26.2 Å². The SMILES string of the molecule is CC(C)(C)Nc1ncc(Br)cc1[N+](=O)[O-]. The van der Waals surface area contributed by atoms with Gasteiger partial charge in [-0.25, -0.2) is 4.98 Å². The number of hydrogen-bond acceptors (Lipinski definition) is 4. The summed E-state index contributed by atoms with van der Waals surface area (Å²) < 4.78 is 0.591. The van der Waals surface area contributed by atoms with Crippen molar-refractivity contribution < 1.29 is 4.92 Å². The van der Waals surface area contributed by atoms with E-state index in [0.717, 1.165) is 0 Å². The highest BCUT2D eigenvalue weighted by molar-refractivity contribution is 9.10. The molecule has 0 spiro atoms. The highest BCUT2D eigenvalue weighted by Gasteiger charge is 2.20. The van der Waals surface area contributed by atoms with Gasteiger partial charge >= 0.3 is 5.69 Å². The molecule has 1 N–H and O–H groups in total. The first kappa shape index (κ1) is 11.9. The quantitative estimate of drug-likeness (QED) is 0.665. The average molecular weight is 274 g/mol. The maximum atomic E-state index is 10.8. The molecule has 0 aliphatic rings. The Hall–Kier alpha value is -1.17. The average Bonchev–Trinajstić information content (AvgIpc) is 2.05. The standard InChI is InChI=1S/C9H12BrN3O2/c1-9(2,3)12-8-7(13(14)15)4-6(10)5-11-8/h4-5H,1-3H3,(H,11,12). The summed E-state index contributed by atoms with van der Waals surface area (Å²) in [6.07, 6.45) is 1.53. The Morgan fingerprint density at radius 1 is 1.53 bits per heavy atom. The molecule has 0 unspecified atom stereocenters. The number of pyridine rings is 1. The largest absolute Gasteiger partial charge is 0.360 e. The second kappa shape index (κ2) is 4.14. The Morgan fingerprint density at radius 3 is 2.60 bits per heavy atom. The van der Waals surface area contributed by atoms with E-state index in [4.69, 9.17) is 0 Å². The van der Waals surface area contributed by atoms with Gasteiger partial charge in [0.2, 0.25) is 5.82 Å². The van der Waals surface area contributed by atoms with Crippen LogP contribution in [0.3, 0.4) is 0 Å². The molecule has 0 saturated carbocycles. The van der Waals surface area contributed by atoms with Crippen molar-refractivity contribution in [2.45, 2.75) is 26.3 Å². The molecule has 0 atom stereocenters. The number of hydrogen-bond donors (Lipinski definition) is 1. The van der Waals surface area contributed by atoms with E-state index in [1.807, 2.05) is 20.8 Å². The van der Waals surface area contributed by atoms with E-state index >= 15 is 0 Å². The maximum Gasteiger partial charge on any atom is 0.312 e. The first-order valence-electron chi connectivity index (χ1n) is 4.38. The third-order valence-corrected chi connectivity index (χ3v) is 1.96. The van der Waals surface area contributed by atoms with Crippen molar-refractivity contribution in [1.29, 1.82) is 0 Å². The van der Waals surface area contributed by atoms with E-state index in [9.17, 15) is 10.1 Å². The molecule has 0 aromatic carbocycles. The summed E-state index contributed by atoms with van der Waals surface area (Å²) >= 11 is 3.15. The highest BCUT2D eigenvalue weighted by Crippen LogP contribution is 2.27. The molecule has 0 aliphatic carbocycles. The number of anilines is 1. The Morgan fingerprint density at radius 2 is 2.13 bits per heavy atom. The molecule has 1 heterocycles. The second-order valence-corrected chi connectivity index (χ2v) is 5.07. The van der Waals surface area contributed by atoms with Crippen LogP contribution in [0.1, 0.15) is 20.8 Å². The second-order valence-electron chi connectivity index (χ2n) is 4.15. The smallest absolute Gasteiger partial charge is 0.312 e. The van der Waals surface area contributed by atoms with Crippen molar-refractivity contribution >= 4 is 27.4 Å². The van der Waals surface area contributed by atoms with Gasteiger partial charge in [0.05, 0.1) is 4.92 Å². The van der Waals surface area contributed by atoms with Crippen LogP contribution in [0, 0.1) is 10.1 Å². The van der Waals surface area contributed by atoms with Crippen LogP contribution in [0.2, 0.25) is 0 Å². The van der Waals surface area contributed by atoms with Gasteiger partial charge in [-0.2, -0.15) is 0 Å². The molecule has 1 rings (SSSR count). The first-order chi connectivity index (χ1) is 6.79.